The van der Waals surface area contributed by atoms with Gasteiger partial charge in [-0.25, -0.2) is 4.39 Å². The van der Waals surface area contributed by atoms with E-state index in [1.807, 2.05) is 24.6 Å². The molecule has 0 aliphatic carbocycles. The Hall–Kier alpha value is -2.83. The second-order valence-electron chi connectivity index (χ2n) is 6.40. The lowest BCUT2D eigenvalue weighted by molar-refractivity contribution is -0.107. The molecule has 25 heavy (non-hydrogen) atoms. The standard InChI is InChI=1S/C18H22FN5O/c1-10(2)24-8-13(15(17(20)21)18(24)22-3)11-4-5-14-12(16(11)19)6-7-23(14)9-25/h4-5,8-10,22H,6-7H2,1-3H3,(H3,20,21). The number of nitrogens with one attached hydrogen (secondary N) is 2. The fraction of sp³-hybridized carbons (Fsp3) is 0.333. The van der Waals surface area contributed by atoms with Crippen molar-refractivity contribution in [1.82, 2.24) is 4.57 Å². The van der Waals surface area contributed by atoms with Gasteiger partial charge in [0.2, 0.25) is 6.41 Å². The minimum atomic E-state index is -0.354. The molecular formula is C18H22FN5O. The first-order valence-corrected chi connectivity index (χ1v) is 8.21. The molecule has 0 bridgehead atoms. The normalized spacial score (nSPS) is 13.2. The number of amides is 1. The van der Waals surface area contributed by atoms with E-state index >= 15 is 4.39 Å². The maximum absolute atomic E-state index is 15.2. The van der Waals surface area contributed by atoms with Crippen molar-refractivity contribution in [3.8, 4) is 11.1 Å². The topological polar surface area (TPSA) is 87.1 Å². The molecule has 7 heteroatoms. The molecule has 1 aliphatic heterocycles. The highest BCUT2D eigenvalue weighted by molar-refractivity contribution is 6.06. The van der Waals surface area contributed by atoms with Crippen molar-refractivity contribution in [1.29, 1.82) is 5.41 Å². The average molecular weight is 343 g/mol. The van der Waals surface area contributed by atoms with Crippen LogP contribution in [0.25, 0.3) is 11.1 Å². The molecule has 1 aromatic heterocycles. The van der Waals surface area contributed by atoms with Gasteiger partial charge in [-0.1, -0.05) is 0 Å². The van der Waals surface area contributed by atoms with Crippen molar-refractivity contribution in [2.75, 3.05) is 23.8 Å². The molecule has 0 atom stereocenters. The Balaban J connectivity index is 2.24. The number of hydrogen-bond acceptors (Lipinski definition) is 3. The summed E-state index contributed by atoms with van der Waals surface area (Å²) < 4.78 is 17.1. The van der Waals surface area contributed by atoms with E-state index in [2.05, 4.69) is 5.32 Å². The SMILES string of the molecule is CNc1c(C(=N)N)c(-c2ccc3c(c2F)CCN3C=O)cn1C(C)C. The number of halogens is 1. The fourth-order valence-corrected chi connectivity index (χ4v) is 3.45. The van der Waals surface area contributed by atoms with E-state index in [9.17, 15) is 4.79 Å². The molecule has 0 unspecified atom stereocenters. The number of amidine groups is 1. The van der Waals surface area contributed by atoms with Crippen LogP contribution in [0.4, 0.5) is 15.9 Å². The first-order valence-electron chi connectivity index (χ1n) is 8.21. The second kappa shape index (κ2) is 6.23. The van der Waals surface area contributed by atoms with Crippen LogP contribution in [0.15, 0.2) is 18.3 Å². The zero-order valence-corrected chi connectivity index (χ0v) is 14.6. The molecule has 0 saturated carbocycles. The van der Waals surface area contributed by atoms with Crippen LogP contribution < -0.4 is 16.0 Å². The van der Waals surface area contributed by atoms with Gasteiger partial charge in [-0.2, -0.15) is 0 Å². The molecule has 0 saturated heterocycles. The lowest BCUT2D eigenvalue weighted by Gasteiger charge is -2.13. The zero-order chi connectivity index (χ0) is 18.3. The van der Waals surface area contributed by atoms with Crippen molar-refractivity contribution in [3.05, 3.63) is 35.3 Å². The Bertz CT molecular complexity index is 856. The summed E-state index contributed by atoms with van der Waals surface area (Å²) >= 11 is 0. The lowest BCUT2D eigenvalue weighted by Crippen LogP contribution is -2.17. The van der Waals surface area contributed by atoms with Crippen LogP contribution in [0, 0.1) is 11.2 Å². The molecule has 0 fully saturated rings. The van der Waals surface area contributed by atoms with E-state index in [-0.39, 0.29) is 17.7 Å². The summed E-state index contributed by atoms with van der Waals surface area (Å²) in [6, 6.07) is 3.53. The quantitative estimate of drug-likeness (QED) is 0.443. The minimum Gasteiger partial charge on any atom is -0.384 e. The van der Waals surface area contributed by atoms with E-state index in [1.165, 1.54) is 4.90 Å². The van der Waals surface area contributed by atoms with Crippen molar-refractivity contribution in [2.45, 2.75) is 26.3 Å². The van der Waals surface area contributed by atoms with E-state index in [0.717, 1.165) is 6.41 Å². The Morgan fingerprint density at radius 1 is 1.40 bits per heavy atom. The molecule has 4 N–H and O–H groups in total. The summed E-state index contributed by atoms with van der Waals surface area (Å²) in [4.78, 5) is 12.6. The van der Waals surface area contributed by atoms with Gasteiger partial charge in [0.05, 0.1) is 5.56 Å². The summed E-state index contributed by atoms with van der Waals surface area (Å²) in [5.74, 6) is 0.216. The number of fused-ring (bicyclic) bond motifs is 1. The third kappa shape index (κ3) is 2.56. The molecule has 1 aromatic carbocycles. The molecule has 132 valence electrons. The molecule has 3 rings (SSSR count). The number of aromatic nitrogens is 1. The predicted molar refractivity (Wildman–Crippen MR) is 97.9 cm³/mol. The Labute approximate surface area is 145 Å². The van der Waals surface area contributed by atoms with Crippen LogP contribution in [-0.4, -0.2) is 30.4 Å². The number of benzene rings is 1. The van der Waals surface area contributed by atoms with E-state index in [0.29, 0.717) is 46.7 Å². The first kappa shape index (κ1) is 17.0. The maximum atomic E-state index is 15.2. The van der Waals surface area contributed by atoms with Crippen molar-refractivity contribution in [3.63, 3.8) is 0 Å². The number of nitrogens with two attached hydrogens (primary N) is 1. The largest absolute Gasteiger partial charge is 0.384 e. The van der Waals surface area contributed by atoms with Gasteiger partial charge in [-0.3, -0.25) is 10.2 Å². The summed E-state index contributed by atoms with van der Waals surface area (Å²) in [5, 5.41) is 11.0. The highest BCUT2D eigenvalue weighted by Crippen LogP contribution is 2.39. The van der Waals surface area contributed by atoms with Crippen LogP contribution >= 0.6 is 0 Å². The highest BCUT2D eigenvalue weighted by atomic mass is 19.1. The Kier molecular flexibility index (Phi) is 4.24. The molecule has 2 aromatic rings. The maximum Gasteiger partial charge on any atom is 0.214 e. The van der Waals surface area contributed by atoms with E-state index in [1.54, 1.807) is 19.2 Å². The third-order valence-corrected chi connectivity index (χ3v) is 4.64. The van der Waals surface area contributed by atoms with Gasteiger partial charge in [0, 0.05) is 48.2 Å². The number of hydrogen-bond donors (Lipinski definition) is 3. The van der Waals surface area contributed by atoms with Gasteiger partial charge in [0.15, 0.2) is 0 Å². The molecule has 1 amide bonds. The Morgan fingerprint density at radius 3 is 2.68 bits per heavy atom. The minimum absolute atomic E-state index is 0.117. The van der Waals surface area contributed by atoms with Gasteiger partial charge in [0.25, 0.3) is 0 Å². The smallest absolute Gasteiger partial charge is 0.214 e. The van der Waals surface area contributed by atoms with Crippen molar-refractivity contribution in [2.24, 2.45) is 5.73 Å². The van der Waals surface area contributed by atoms with Crippen LogP contribution in [0.2, 0.25) is 0 Å². The lowest BCUT2D eigenvalue weighted by atomic mass is 9.99. The predicted octanol–water partition coefficient (Wildman–Crippen LogP) is 2.72. The zero-order valence-electron chi connectivity index (χ0n) is 14.6. The van der Waals surface area contributed by atoms with Gasteiger partial charge in [-0.15, -0.1) is 0 Å². The highest BCUT2D eigenvalue weighted by Gasteiger charge is 2.27. The monoisotopic (exact) mass is 343 g/mol. The number of rotatable bonds is 5. The van der Waals surface area contributed by atoms with Gasteiger partial charge in [-0.05, 0) is 32.4 Å². The molecular weight excluding hydrogens is 321 g/mol. The number of nitrogen functional groups attached to an aromatic ring is 1. The van der Waals surface area contributed by atoms with E-state index in [4.69, 9.17) is 11.1 Å². The summed E-state index contributed by atoms with van der Waals surface area (Å²) in [6.07, 6.45) is 3.03. The summed E-state index contributed by atoms with van der Waals surface area (Å²) in [6.45, 7) is 4.50. The van der Waals surface area contributed by atoms with Gasteiger partial charge >= 0.3 is 0 Å². The second-order valence-corrected chi connectivity index (χ2v) is 6.40. The molecule has 6 nitrogen and oxygen atoms in total. The first-order chi connectivity index (χ1) is 11.9. The number of anilines is 2. The third-order valence-electron chi connectivity index (χ3n) is 4.64. The van der Waals surface area contributed by atoms with E-state index < -0.39 is 0 Å². The van der Waals surface area contributed by atoms with Crippen LogP contribution in [0.5, 0.6) is 0 Å². The van der Waals surface area contributed by atoms with Crippen molar-refractivity contribution < 1.29 is 9.18 Å². The number of carbonyl (C=O) groups excluding carboxylic acids is 1. The summed E-state index contributed by atoms with van der Waals surface area (Å²) in [7, 11) is 1.76. The molecule has 0 radical (unpaired) electrons. The molecule has 0 spiro atoms. The summed E-state index contributed by atoms with van der Waals surface area (Å²) in [5.41, 5.74) is 8.40. The van der Waals surface area contributed by atoms with Crippen LogP contribution in [0.1, 0.15) is 31.0 Å². The van der Waals surface area contributed by atoms with Crippen LogP contribution in [0.3, 0.4) is 0 Å². The number of nitrogens with zero attached hydrogens (tertiary/aromatic N) is 2. The van der Waals surface area contributed by atoms with Gasteiger partial charge < -0.3 is 20.5 Å². The van der Waals surface area contributed by atoms with Crippen LogP contribution in [-0.2, 0) is 11.2 Å². The average Bonchev–Trinajstić information content (AvgIpc) is 3.16. The van der Waals surface area contributed by atoms with Gasteiger partial charge in [0.1, 0.15) is 17.5 Å². The molecule has 2 heterocycles. The number of carbonyl (C=O) groups is 1. The Morgan fingerprint density at radius 2 is 2.12 bits per heavy atom. The molecule has 1 aliphatic rings. The van der Waals surface area contributed by atoms with Crippen molar-refractivity contribution >= 4 is 23.8 Å². The fourth-order valence-electron chi connectivity index (χ4n) is 3.45.